The number of hydrogen-bond acceptors (Lipinski definition) is 9. The van der Waals surface area contributed by atoms with Crippen molar-refractivity contribution in [3.63, 3.8) is 0 Å². The van der Waals surface area contributed by atoms with Crippen LogP contribution < -0.4 is 29.3 Å². The smallest absolute Gasteiger partial charge is 0.348 e. The third kappa shape index (κ3) is 2.54. The fourth-order valence-corrected chi connectivity index (χ4v) is 3.57. The Balaban J connectivity index is 1.99. The van der Waals surface area contributed by atoms with Crippen LogP contribution in [-0.2, 0) is 9.53 Å². The molecule has 0 saturated heterocycles. The van der Waals surface area contributed by atoms with E-state index >= 15 is 0 Å². The lowest BCUT2D eigenvalue weighted by atomic mass is 9.87. The van der Waals surface area contributed by atoms with E-state index in [0.29, 0.717) is 34.3 Å². The third-order valence-electron chi connectivity index (χ3n) is 4.73. The van der Waals surface area contributed by atoms with Crippen LogP contribution in [-0.4, -0.2) is 40.2 Å². The molecule has 0 radical (unpaired) electrons. The molecule has 2 atom stereocenters. The van der Waals surface area contributed by atoms with Gasteiger partial charge in [-0.25, -0.2) is 9.59 Å². The van der Waals surface area contributed by atoms with Crippen molar-refractivity contribution >= 4 is 5.97 Å². The molecule has 1 aromatic carbocycles. The Kier molecular flexibility index (Phi) is 4.29. The lowest BCUT2D eigenvalue weighted by Gasteiger charge is -2.21. The van der Waals surface area contributed by atoms with Gasteiger partial charge in [0.1, 0.15) is 11.5 Å². The van der Waals surface area contributed by atoms with Gasteiger partial charge in [-0.15, -0.1) is 0 Å². The topological polar surface area (TPSA) is 103 Å². The maximum absolute atomic E-state index is 12.6. The Hall–Kier alpha value is -3.36. The van der Waals surface area contributed by atoms with Gasteiger partial charge in [-0.3, -0.25) is 0 Å². The highest BCUT2D eigenvalue weighted by Gasteiger charge is 2.46. The van der Waals surface area contributed by atoms with Gasteiger partial charge in [0.25, 0.3) is 0 Å². The minimum atomic E-state index is -1.11. The van der Waals surface area contributed by atoms with Crippen LogP contribution in [0.2, 0.25) is 0 Å². The zero-order valence-corrected chi connectivity index (χ0v) is 15.7. The zero-order valence-electron chi connectivity index (χ0n) is 15.7. The molecule has 0 spiro atoms. The molecule has 0 amide bonds. The van der Waals surface area contributed by atoms with E-state index in [1.54, 1.807) is 19.1 Å². The van der Waals surface area contributed by atoms with Crippen molar-refractivity contribution < 1.29 is 37.6 Å². The van der Waals surface area contributed by atoms with Crippen LogP contribution in [0.15, 0.2) is 21.3 Å². The van der Waals surface area contributed by atoms with Gasteiger partial charge >= 0.3 is 11.6 Å². The number of aryl methyl sites for hydroxylation is 1. The number of carbonyl (C=O) groups is 1. The molecule has 0 bridgehead atoms. The Bertz CT molecular complexity index is 1010. The molecule has 148 valence electrons. The highest BCUT2D eigenvalue weighted by Crippen LogP contribution is 2.54. The predicted molar refractivity (Wildman–Crippen MR) is 93.7 cm³/mol. The van der Waals surface area contributed by atoms with Crippen molar-refractivity contribution in [3.05, 3.63) is 39.4 Å². The summed E-state index contributed by atoms with van der Waals surface area (Å²) in [7, 11) is 4.17. The van der Waals surface area contributed by atoms with Crippen LogP contribution >= 0.6 is 0 Å². The first-order chi connectivity index (χ1) is 13.5. The normalized spacial score (nSPS) is 19.0. The molecule has 1 aromatic heterocycles. The fourth-order valence-electron chi connectivity index (χ4n) is 3.57. The van der Waals surface area contributed by atoms with Crippen LogP contribution in [0.25, 0.3) is 0 Å². The molecule has 2 aromatic rings. The molecule has 0 unspecified atom stereocenters. The van der Waals surface area contributed by atoms with Crippen LogP contribution in [0.5, 0.6) is 28.7 Å². The predicted octanol–water partition coefficient (Wildman–Crippen LogP) is 1.76. The van der Waals surface area contributed by atoms with Gasteiger partial charge in [-0.2, -0.15) is 0 Å². The number of carbonyl (C=O) groups excluding carboxylic acids is 1. The molecule has 2 aliphatic heterocycles. The number of ether oxygens (including phenoxy) is 6. The summed E-state index contributed by atoms with van der Waals surface area (Å²) in [5.74, 6) is 0.518. The minimum Gasteiger partial charge on any atom is -0.493 e. The molecule has 0 aliphatic carbocycles. The molecule has 0 fully saturated rings. The lowest BCUT2D eigenvalue weighted by molar-refractivity contribution is -0.148. The summed E-state index contributed by atoms with van der Waals surface area (Å²) in [4.78, 5) is 25.1. The Morgan fingerprint density at radius 2 is 1.86 bits per heavy atom. The number of methoxy groups -OCH3 is 3. The summed E-state index contributed by atoms with van der Waals surface area (Å²) in [6, 6.07) is 3.19. The van der Waals surface area contributed by atoms with Gasteiger partial charge in [0.2, 0.25) is 24.4 Å². The molecule has 3 heterocycles. The minimum absolute atomic E-state index is 0.00890. The third-order valence-corrected chi connectivity index (χ3v) is 4.73. The maximum Gasteiger partial charge on any atom is 0.348 e. The Morgan fingerprint density at radius 3 is 2.54 bits per heavy atom. The Morgan fingerprint density at radius 1 is 1.11 bits per heavy atom. The van der Waals surface area contributed by atoms with Gasteiger partial charge in [0.15, 0.2) is 11.5 Å². The summed E-state index contributed by atoms with van der Waals surface area (Å²) in [6.07, 6.45) is -1.11. The van der Waals surface area contributed by atoms with Gasteiger partial charge in [-0.05, 0) is 13.0 Å². The monoisotopic (exact) mass is 390 g/mol. The van der Waals surface area contributed by atoms with Crippen molar-refractivity contribution in [3.8, 4) is 28.7 Å². The summed E-state index contributed by atoms with van der Waals surface area (Å²) >= 11 is 0. The van der Waals surface area contributed by atoms with E-state index in [-0.39, 0.29) is 18.1 Å². The fraction of sp³-hybridized carbons (Fsp3) is 0.368. The second-order valence-corrected chi connectivity index (χ2v) is 6.23. The van der Waals surface area contributed by atoms with Crippen molar-refractivity contribution in [1.29, 1.82) is 0 Å². The molecule has 4 rings (SSSR count). The van der Waals surface area contributed by atoms with E-state index in [2.05, 4.69) is 0 Å². The second-order valence-electron chi connectivity index (χ2n) is 6.23. The van der Waals surface area contributed by atoms with Crippen molar-refractivity contribution in [2.75, 3.05) is 28.1 Å². The number of hydrogen-bond donors (Lipinski definition) is 0. The lowest BCUT2D eigenvalue weighted by Crippen LogP contribution is -2.32. The summed E-state index contributed by atoms with van der Waals surface area (Å²) in [5, 5.41) is 0. The van der Waals surface area contributed by atoms with E-state index in [1.165, 1.54) is 21.3 Å². The van der Waals surface area contributed by atoms with E-state index in [0.717, 1.165) is 0 Å². The molecular formula is C19H18O9. The molecular weight excluding hydrogens is 372 g/mol. The van der Waals surface area contributed by atoms with Crippen LogP contribution in [0, 0.1) is 6.92 Å². The number of rotatable bonds is 4. The average molecular weight is 390 g/mol. The summed E-state index contributed by atoms with van der Waals surface area (Å²) in [5.41, 5.74) is 0.0409. The first-order valence-corrected chi connectivity index (χ1v) is 8.43. The Labute approximate surface area is 159 Å². The van der Waals surface area contributed by atoms with Crippen molar-refractivity contribution in [2.45, 2.75) is 18.9 Å². The molecule has 9 nitrogen and oxygen atoms in total. The number of benzene rings is 1. The van der Waals surface area contributed by atoms with Gasteiger partial charge in [0, 0.05) is 11.6 Å². The maximum atomic E-state index is 12.6. The van der Waals surface area contributed by atoms with E-state index in [9.17, 15) is 9.59 Å². The zero-order chi connectivity index (χ0) is 20.0. The van der Waals surface area contributed by atoms with E-state index in [1.807, 2.05) is 0 Å². The number of esters is 1. The highest BCUT2D eigenvalue weighted by molar-refractivity contribution is 5.80. The average Bonchev–Trinajstić information content (AvgIpc) is 3.30. The SMILES string of the molecule is COC(=O)[C@@H]1Oc2cc(C)oc(=O)c2[C@@H]1c1cc(OC)c2c(c1OC)OCO2. The molecule has 2 aliphatic rings. The summed E-state index contributed by atoms with van der Waals surface area (Å²) < 4.78 is 37.8. The summed E-state index contributed by atoms with van der Waals surface area (Å²) in [6.45, 7) is 1.61. The molecule has 0 N–H and O–H groups in total. The molecule has 0 saturated carbocycles. The molecule has 28 heavy (non-hydrogen) atoms. The largest absolute Gasteiger partial charge is 0.493 e. The highest BCUT2D eigenvalue weighted by atomic mass is 16.7. The van der Waals surface area contributed by atoms with Crippen LogP contribution in [0.4, 0.5) is 0 Å². The first-order valence-electron chi connectivity index (χ1n) is 8.43. The molecule has 9 heteroatoms. The second kappa shape index (κ2) is 6.66. The quantitative estimate of drug-likeness (QED) is 0.723. The standard InChI is InChI=1S/C19H18O9/c1-8-5-10-13(18(20)27-8)12(16(28-10)19(21)24-4)9-6-11(22-2)15-17(14(9)23-3)26-7-25-15/h5-6,12,16H,7H2,1-4H3/t12-,16+/m0/s1. The van der Waals surface area contributed by atoms with Gasteiger partial charge < -0.3 is 32.8 Å². The van der Waals surface area contributed by atoms with Gasteiger partial charge in [0.05, 0.1) is 32.8 Å². The van der Waals surface area contributed by atoms with Crippen LogP contribution in [0.1, 0.15) is 22.8 Å². The van der Waals surface area contributed by atoms with Crippen molar-refractivity contribution in [1.82, 2.24) is 0 Å². The van der Waals surface area contributed by atoms with Gasteiger partial charge in [-0.1, -0.05) is 0 Å². The van der Waals surface area contributed by atoms with E-state index in [4.69, 9.17) is 32.8 Å². The van der Waals surface area contributed by atoms with Crippen molar-refractivity contribution in [2.24, 2.45) is 0 Å². The first kappa shape index (κ1) is 18.0. The number of fused-ring (bicyclic) bond motifs is 2. The van der Waals surface area contributed by atoms with E-state index < -0.39 is 23.6 Å². The van der Waals surface area contributed by atoms with Crippen LogP contribution in [0.3, 0.4) is 0 Å².